The quantitative estimate of drug-likeness (QED) is 0.909. The van der Waals surface area contributed by atoms with Crippen LogP contribution in [0.1, 0.15) is 37.8 Å². The van der Waals surface area contributed by atoms with Crippen LogP contribution in [-0.2, 0) is 4.79 Å². The molecule has 0 radical (unpaired) electrons. The van der Waals surface area contributed by atoms with Crippen molar-refractivity contribution >= 4 is 17.5 Å². The van der Waals surface area contributed by atoms with Gasteiger partial charge in [0.15, 0.2) is 0 Å². The minimum Gasteiger partial charge on any atom is -0.334 e. The van der Waals surface area contributed by atoms with Crippen molar-refractivity contribution in [2.45, 2.75) is 38.3 Å². The van der Waals surface area contributed by atoms with Crippen LogP contribution in [0.2, 0.25) is 5.02 Å². The third kappa shape index (κ3) is 2.57. The van der Waals surface area contributed by atoms with Crippen LogP contribution < -0.4 is 5.32 Å². The molecule has 0 aromatic heterocycles. The Bertz CT molecular complexity index is 505. The molecule has 0 aliphatic carbocycles. The molecule has 1 N–H and O–H groups in total. The van der Waals surface area contributed by atoms with Gasteiger partial charge in [-0.3, -0.25) is 4.79 Å². The van der Waals surface area contributed by atoms with E-state index in [1.165, 1.54) is 0 Å². The summed E-state index contributed by atoms with van der Waals surface area (Å²) >= 11 is 6.09. The highest BCUT2D eigenvalue weighted by atomic mass is 35.5. The van der Waals surface area contributed by atoms with Crippen LogP contribution in [0.5, 0.6) is 0 Å². The number of nitrogens with zero attached hydrogens (tertiary/aromatic N) is 1. The highest BCUT2D eigenvalue weighted by molar-refractivity contribution is 6.30. The molecule has 108 valence electrons. The van der Waals surface area contributed by atoms with E-state index >= 15 is 0 Å². The predicted octanol–water partition coefficient (Wildman–Crippen LogP) is 3.00. The van der Waals surface area contributed by atoms with Crippen molar-refractivity contribution in [1.82, 2.24) is 10.2 Å². The molecule has 3 atom stereocenters. The molecule has 2 heterocycles. The third-order valence-corrected chi connectivity index (χ3v) is 4.80. The fourth-order valence-corrected chi connectivity index (χ4v) is 3.63. The molecule has 0 saturated carbocycles. The highest BCUT2D eigenvalue weighted by Crippen LogP contribution is 2.34. The number of nitrogens with one attached hydrogen (secondary N) is 1. The Labute approximate surface area is 125 Å². The van der Waals surface area contributed by atoms with Gasteiger partial charge in [0.05, 0.1) is 12.1 Å². The van der Waals surface area contributed by atoms with Crippen LogP contribution in [0.3, 0.4) is 0 Å². The lowest BCUT2D eigenvalue weighted by Gasteiger charge is -2.29. The van der Waals surface area contributed by atoms with Gasteiger partial charge in [0.2, 0.25) is 5.91 Å². The second-order valence-corrected chi connectivity index (χ2v) is 6.38. The van der Waals surface area contributed by atoms with Gasteiger partial charge in [0.1, 0.15) is 0 Å². The molecule has 2 aliphatic heterocycles. The number of amides is 1. The summed E-state index contributed by atoms with van der Waals surface area (Å²) in [5.74, 6) is 0.695. The van der Waals surface area contributed by atoms with Gasteiger partial charge < -0.3 is 10.2 Å². The molecule has 1 amide bonds. The molecule has 3 rings (SSSR count). The standard InChI is InChI=1S/C16H21ClN2O/c1-11-7-8-18-15(11)16(20)19-9-3-6-14(19)12-4-2-5-13(17)10-12/h2,4-5,10-11,14-15,18H,3,6-9H2,1H3. The first kappa shape index (κ1) is 13.9. The van der Waals surface area contributed by atoms with Crippen LogP contribution >= 0.6 is 11.6 Å². The Morgan fingerprint density at radius 2 is 2.25 bits per heavy atom. The summed E-state index contributed by atoms with van der Waals surface area (Å²) in [7, 11) is 0. The van der Waals surface area contributed by atoms with Gasteiger partial charge in [-0.05, 0) is 49.4 Å². The normalized spacial score (nSPS) is 29.9. The predicted molar refractivity (Wildman–Crippen MR) is 80.7 cm³/mol. The van der Waals surface area contributed by atoms with Crippen molar-refractivity contribution in [3.63, 3.8) is 0 Å². The second kappa shape index (κ2) is 5.74. The molecular weight excluding hydrogens is 272 g/mol. The van der Waals surface area contributed by atoms with E-state index < -0.39 is 0 Å². The second-order valence-electron chi connectivity index (χ2n) is 5.94. The minimum absolute atomic E-state index is 0.00483. The summed E-state index contributed by atoms with van der Waals surface area (Å²) in [5.41, 5.74) is 1.16. The van der Waals surface area contributed by atoms with Gasteiger partial charge in [0.25, 0.3) is 0 Å². The number of carbonyl (C=O) groups is 1. The maximum Gasteiger partial charge on any atom is 0.240 e. The number of hydrogen-bond donors (Lipinski definition) is 1. The van der Waals surface area contributed by atoms with Gasteiger partial charge >= 0.3 is 0 Å². The fourth-order valence-electron chi connectivity index (χ4n) is 3.43. The zero-order valence-corrected chi connectivity index (χ0v) is 12.6. The van der Waals surface area contributed by atoms with E-state index in [-0.39, 0.29) is 18.0 Å². The first-order valence-electron chi connectivity index (χ1n) is 7.46. The van der Waals surface area contributed by atoms with Crippen LogP contribution in [-0.4, -0.2) is 29.9 Å². The van der Waals surface area contributed by atoms with Crippen molar-refractivity contribution in [3.8, 4) is 0 Å². The number of likely N-dealkylation sites (tertiary alicyclic amines) is 1. The smallest absolute Gasteiger partial charge is 0.240 e. The van der Waals surface area contributed by atoms with Crippen molar-refractivity contribution in [1.29, 1.82) is 0 Å². The summed E-state index contributed by atoms with van der Waals surface area (Å²) in [6.45, 7) is 3.97. The first-order valence-corrected chi connectivity index (χ1v) is 7.84. The van der Waals surface area contributed by atoms with E-state index in [1.807, 2.05) is 23.1 Å². The average Bonchev–Trinajstić information content (AvgIpc) is 3.06. The lowest BCUT2D eigenvalue weighted by Crippen LogP contribution is -2.45. The highest BCUT2D eigenvalue weighted by Gasteiger charge is 2.37. The Kier molecular flexibility index (Phi) is 3.99. The maximum absolute atomic E-state index is 12.8. The first-order chi connectivity index (χ1) is 9.66. The van der Waals surface area contributed by atoms with Crippen LogP contribution in [0, 0.1) is 5.92 Å². The van der Waals surface area contributed by atoms with E-state index in [4.69, 9.17) is 11.6 Å². The molecule has 1 aromatic carbocycles. The third-order valence-electron chi connectivity index (χ3n) is 4.57. The fraction of sp³-hybridized carbons (Fsp3) is 0.562. The van der Waals surface area contributed by atoms with E-state index in [0.717, 1.165) is 42.9 Å². The van der Waals surface area contributed by atoms with Crippen LogP contribution in [0.4, 0.5) is 0 Å². The number of halogens is 1. The molecular formula is C16H21ClN2O. The lowest BCUT2D eigenvalue weighted by atomic mass is 10.00. The summed E-state index contributed by atoms with van der Waals surface area (Å²) < 4.78 is 0. The molecule has 4 heteroatoms. The number of carbonyl (C=O) groups excluding carboxylic acids is 1. The minimum atomic E-state index is -0.00483. The molecule has 20 heavy (non-hydrogen) atoms. The van der Waals surface area contributed by atoms with Crippen molar-refractivity contribution in [2.24, 2.45) is 5.92 Å². The Morgan fingerprint density at radius 3 is 2.95 bits per heavy atom. The van der Waals surface area contributed by atoms with E-state index in [1.54, 1.807) is 0 Å². The number of benzene rings is 1. The van der Waals surface area contributed by atoms with E-state index in [9.17, 15) is 4.79 Å². The zero-order chi connectivity index (χ0) is 14.1. The number of rotatable bonds is 2. The molecule has 2 aliphatic rings. The lowest BCUT2D eigenvalue weighted by molar-refractivity contribution is -0.134. The maximum atomic E-state index is 12.8. The largest absolute Gasteiger partial charge is 0.334 e. The molecule has 2 saturated heterocycles. The van der Waals surface area contributed by atoms with Gasteiger partial charge in [0, 0.05) is 11.6 Å². The van der Waals surface area contributed by atoms with E-state index in [0.29, 0.717) is 5.92 Å². The van der Waals surface area contributed by atoms with Crippen molar-refractivity contribution < 1.29 is 4.79 Å². The van der Waals surface area contributed by atoms with Gasteiger partial charge in [-0.2, -0.15) is 0 Å². The molecule has 3 unspecified atom stereocenters. The molecule has 0 spiro atoms. The van der Waals surface area contributed by atoms with E-state index in [2.05, 4.69) is 18.3 Å². The van der Waals surface area contributed by atoms with Gasteiger partial charge in [-0.15, -0.1) is 0 Å². The van der Waals surface area contributed by atoms with Gasteiger partial charge in [-0.25, -0.2) is 0 Å². The summed E-state index contributed by atoms with van der Waals surface area (Å²) in [5, 5.41) is 4.09. The van der Waals surface area contributed by atoms with Crippen molar-refractivity contribution in [2.75, 3.05) is 13.1 Å². The molecule has 0 bridgehead atoms. The zero-order valence-electron chi connectivity index (χ0n) is 11.8. The Morgan fingerprint density at radius 1 is 1.40 bits per heavy atom. The topological polar surface area (TPSA) is 32.3 Å². The molecule has 1 aromatic rings. The SMILES string of the molecule is CC1CCNC1C(=O)N1CCCC1c1cccc(Cl)c1. The summed E-state index contributed by atoms with van der Waals surface area (Å²) in [6, 6.07) is 8.10. The molecule has 2 fully saturated rings. The van der Waals surface area contributed by atoms with Crippen molar-refractivity contribution in [3.05, 3.63) is 34.9 Å². The van der Waals surface area contributed by atoms with Gasteiger partial charge in [-0.1, -0.05) is 30.7 Å². The summed E-state index contributed by atoms with van der Waals surface area (Å²) in [4.78, 5) is 14.8. The summed E-state index contributed by atoms with van der Waals surface area (Å²) in [6.07, 6.45) is 3.20. The van der Waals surface area contributed by atoms with Crippen LogP contribution in [0.15, 0.2) is 24.3 Å². The Hall–Kier alpha value is -1.06. The monoisotopic (exact) mass is 292 g/mol. The molecule has 3 nitrogen and oxygen atoms in total. The Balaban J connectivity index is 1.80. The number of hydrogen-bond acceptors (Lipinski definition) is 2. The average molecular weight is 293 g/mol. The van der Waals surface area contributed by atoms with Crippen LogP contribution in [0.25, 0.3) is 0 Å².